The summed E-state index contributed by atoms with van der Waals surface area (Å²) in [5, 5.41) is 2.88. The molecule has 0 bridgehead atoms. The maximum atomic E-state index is 12.1. The third-order valence-corrected chi connectivity index (χ3v) is 3.88. The quantitative estimate of drug-likeness (QED) is 0.628. The smallest absolute Gasteiger partial charge is 0.323 e. The summed E-state index contributed by atoms with van der Waals surface area (Å²) in [6.45, 7) is 3.40. The van der Waals surface area contributed by atoms with Gasteiger partial charge >= 0.3 is 17.8 Å². The van der Waals surface area contributed by atoms with Crippen molar-refractivity contribution in [1.82, 2.24) is 9.80 Å². The molecule has 1 heterocycles. The molecular formula is C16H18ClN3O4. The molecule has 1 saturated heterocycles. The summed E-state index contributed by atoms with van der Waals surface area (Å²) in [5.74, 6) is -2.48. The van der Waals surface area contributed by atoms with Gasteiger partial charge in [0.1, 0.15) is 6.54 Å². The molecule has 1 aliphatic heterocycles. The van der Waals surface area contributed by atoms with Gasteiger partial charge in [-0.1, -0.05) is 31.0 Å². The van der Waals surface area contributed by atoms with Gasteiger partial charge in [0.2, 0.25) is 5.91 Å². The molecular weight excluding hydrogens is 334 g/mol. The number of unbranched alkanes of at least 4 members (excludes halogenated alkanes) is 1. The summed E-state index contributed by atoms with van der Waals surface area (Å²) in [6, 6.07) is 4.31. The van der Waals surface area contributed by atoms with Crippen LogP contribution in [0.2, 0.25) is 5.02 Å². The van der Waals surface area contributed by atoms with Crippen LogP contribution in [0.1, 0.15) is 25.3 Å². The molecule has 0 atom stereocenters. The zero-order chi connectivity index (χ0) is 17.9. The molecule has 1 aromatic carbocycles. The lowest BCUT2D eigenvalue weighted by molar-refractivity contribution is -0.143. The zero-order valence-corrected chi connectivity index (χ0v) is 14.2. The molecule has 0 unspecified atom stereocenters. The molecule has 8 heteroatoms. The number of aryl methyl sites for hydroxylation is 1. The summed E-state index contributed by atoms with van der Waals surface area (Å²) in [6.07, 6.45) is 1.38. The number of halogens is 1. The Bertz CT molecular complexity index is 705. The maximum Gasteiger partial charge on any atom is 0.334 e. The second kappa shape index (κ2) is 7.44. The number of nitrogens with zero attached hydrogens (tertiary/aromatic N) is 2. The highest BCUT2D eigenvalue weighted by Crippen LogP contribution is 2.23. The monoisotopic (exact) mass is 351 g/mol. The number of rotatable bonds is 6. The lowest BCUT2D eigenvalue weighted by Crippen LogP contribution is -2.39. The fourth-order valence-electron chi connectivity index (χ4n) is 2.26. The van der Waals surface area contributed by atoms with Crippen LogP contribution in [0.25, 0.3) is 0 Å². The van der Waals surface area contributed by atoms with Gasteiger partial charge < -0.3 is 5.32 Å². The fraction of sp³-hybridized carbons (Fsp3) is 0.375. The molecule has 0 spiro atoms. The first-order chi connectivity index (χ1) is 11.3. The van der Waals surface area contributed by atoms with Crippen LogP contribution in [0.4, 0.5) is 10.5 Å². The molecule has 2 rings (SSSR count). The third kappa shape index (κ3) is 3.73. The second-order valence-electron chi connectivity index (χ2n) is 5.52. The van der Waals surface area contributed by atoms with Gasteiger partial charge in [0.05, 0.1) is 10.7 Å². The first-order valence-corrected chi connectivity index (χ1v) is 7.96. The van der Waals surface area contributed by atoms with Gasteiger partial charge in [0.15, 0.2) is 0 Å². The van der Waals surface area contributed by atoms with Crippen molar-refractivity contribution < 1.29 is 19.2 Å². The number of amides is 5. The Morgan fingerprint density at radius 2 is 1.83 bits per heavy atom. The standard InChI is InChI=1S/C16H18ClN3O4/c1-3-4-7-19-14(22)15(23)20(16(19)24)9-13(21)18-12-6-5-10(2)8-11(12)17/h5-6,8H,3-4,7,9H2,1-2H3,(H,18,21). The number of carbonyl (C=O) groups is 4. The second-order valence-corrected chi connectivity index (χ2v) is 5.92. The van der Waals surface area contributed by atoms with Gasteiger partial charge in [-0.05, 0) is 31.0 Å². The topological polar surface area (TPSA) is 86.8 Å². The van der Waals surface area contributed by atoms with Gasteiger partial charge in [0, 0.05) is 6.54 Å². The van der Waals surface area contributed by atoms with E-state index in [1.54, 1.807) is 18.2 Å². The minimum Gasteiger partial charge on any atom is -0.323 e. The van der Waals surface area contributed by atoms with Gasteiger partial charge in [0.25, 0.3) is 0 Å². The molecule has 1 aromatic rings. The van der Waals surface area contributed by atoms with Gasteiger partial charge in [-0.25, -0.2) is 9.69 Å². The SMILES string of the molecule is CCCCN1C(=O)C(=O)N(CC(=O)Nc2ccc(C)cc2Cl)C1=O. The summed E-state index contributed by atoms with van der Waals surface area (Å²) in [5.41, 5.74) is 1.31. The minimum atomic E-state index is -0.985. The molecule has 0 radical (unpaired) electrons. The van der Waals surface area contributed by atoms with E-state index < -0.39 is 30.3 Å². The predicted molar refractivity (Wildman–Crippen MR) is 88.5 cm³/mol. The van der Waals surface area contributed by atoms with E-state index in [0.717, 1.165) is 16.9 Å². The van der Waals surface area contributed by atoms with E-state index in [0.29, 0.717) is 22.0 Å². The highest BCUT2D eigenvalue weighted by molar-refractivity contribution is 6.45. The molecule has 5 amide bonds. The van der Waals surface area contributed by atoms with Crippen LogP contribution in [0.15, 0.2) is 18.2 Å². The van der Waals surface area contributed by atoms with Gasteiger partial charge in [-0.2, -0.15) is 0 Å². The van der Waals surface area contributed by atoms with E-state index >= 15 is 0 Å². The average Bonchev–Trinajstić information content (AvgIpc) is 2.72. The van der Waals surface area contributed by atoms with E-state index in [1.165, 1.54) is 0 Å². The molecule has 128 valence electrons. The van der Waals surface area contributed by atoms with Crippen LogP contribution in [-0.4, -0.2) is 46.6 Å². The maximum absolute atomic E-state index is 12.1. The number of benzene rings is 1. The largest absolute Gasteiger partial charge is 0.334 e. The van der Waals surface area contributed by atoms with Crippen LogP contribution in [0, 0.1) is 6.92 Å². The van der Waals surface area contributed by atoms with Crippen molar-refractivity contribution in [2.75, 3.05) is 18.4 Å². The third-order valence-electron chi connectivity index (χ3n) is 3.57. The van der Waals surface area contributed by atoms with Crippen molar-refractivity contribution in [1.29, 1.82) is 0 Å². The summed E-state index contributed by atoms with van der Waals surface area (Å²) in [7, 11) is 0. The first-order valence-electron chi connectivity index (χ1n) is 7.58. The van der Waals surface area contributed by atoms with E-state index in [4.69, 9.17) is 11.6 Å². The Morgan fingerprint density at radius 1 is 1.17 bits per heavy atom. The molecule has 0 saturated carbocycles. The molecule has 24 heavy (non-hydrogen) atoms. The Morgan fingerprint density at radius 3 is 2.46 bits per heavy atom. The predicted octanol–water partition coefficient (Wildman–Crippen LogP) is 2.18. The van der Waals surface area contributed by atoms with E-state index in [9.17, 15) is 19.2 Å². The van der Waals surface area contributed by atoms with Crippen molar-refractivity contribution in [3.8, 4) is 0 Å². The Hall–Kier alpha value is -2.41. The van der Waals surface area contributed by atoms with Crippen LogP contribution in [0.5, 0.6) is 0 Å². The summed E-state index contributed by atoms with van der Waals surface area (Å²) >= 11 is 6.03. The number of anilines is 1. The fourth-order valence-corrected chi connectivity index (χ4v) is 2.54. The Kier molecular flexibility index (Phi) is 5.56. The Labute approximate surface area is 144 Å². The number of nitrogens with one attached hydrogen (secondary N) is 1. The highest BCUT2D eigenvalue weighted by Gasteiger charge is 2.44. The van der Waals surface area contributed by atoms with Crippen LogP contribution < -0.4 is 5.32 Å². The van der Waals surface area contributed by atoms with Crippen LogP contribution in [-0.2, 0) is 14.4 Å². The minimum absolute atomic E-state index is 0.168. The normalized spacial score (nSPS) is 14.5. The Balaban J connectivity index is 2.04. The van der Waals surface area contributed by atoms with Crippen molar-refractivity contribution in [3.63, 3.8) is 0 Å². The van der Waals surface area contributed by atoms with E-state index in [1.807, 2.05) is 13.8 Å². The van der Waals surface area contributed by atoms with Crippen LogP contribution >= 0.6 is 11.6 Å². The van der Waals surface area contributed by atoms with Crippen molar-refractivity contribution in [3.05, 3.63) is 28.8 Å². The molecule has 1 fully saturated rings. The number of urea groups is 1. The highest BCUT2D eigenvalue weighted by atomic mass is 35.5. The first kappa shape index (κ1) is 17.9. The average molecular weight is 352 g/mol. The molecule has 0 aromatic heterocycles. The van der Waals surface area contributed by atoms with Crippen molar-refractivity contribution in [2.24, 2.45) is 0 Å². The zero-order valence-electron chi connectivity index (χ0n) is 13.5. The number of carbonyl (C=O) groups excluding carboxylic acids is 4. The van der Waals surface area contributed by atoms with Gasteiger partial charge in [-0.15, -0.1) is 0 Å². The van der Waals surface area contributed by atoms with E-state index in [-0.39, 0.29) is 6.54 Å². The molecule has 1 aliphatic rings. The lowest BCUT2D eigenvalue weighted by Gasteiger charge is -2.15. The van der Waals surface area contributed by atoms with E-state index in [2.05, 4.69) is 5.32 Å². The molecule has 0 aliphatic carbocycles. The number of hydrogen-bond donors (Lipinski definition) is 1. The van der Waals surface area contributed by atoms with Crippen LogP contribution in [0.3, 0.4) is 0 Å². The molecule has 7 nitrogen and oxygen atoms in total. The number of hydrogen-bond acceptors (Lipinski definition) is 4. The van der Waals surface area contributed by atoms with Crippen molar-refractivity contribution in [2.45, 2.75) is 26.7 Å². The van der Waals surface area contributed by atoms with Gasteiger partial charge in [-0.3, -0.25) is 19.3 Å². The molecule has 1 N–H and O–H groups in total. The lowest BCUT2D eigenvalue weighted by atomic mass is 10.2. The summed E-state index contributed by atoms with van der Waals surface area (Å²) in [4.78, 5) is 49.5. The summed E-state index contributed by atoms with van der Waals surface area (Å²) < 4.78 is 0. The number of imide groups is 2. The van der Waals surface area contributed by atoms with Crippen molar-refractivity contribution >= 4 is 41.0 Å².